The van der Waals surface area contributed by atoms with Crippen molar-refractivity contribution in [1.29, 1.82) is 0 Å². The maximum absolute atomic E-state index is 11.4. The number of hydrogen-bond donors (Lipinski definition) is 3. The fraction of sp³-hybridized carbons (Fsp3) is 0.727. The van der Waals surface area contributed by atoms with E-state index in [9.17, 15) is 9.59 Å². The molecule has 0 aromatic rings. The highest BCUT2D eigenvalue weighted by atomic mass is 16.5. The predicted octanol–water partition coefficient (Wildman–Crippen LogP) is -0.502. The number of hydrogen-bond acceptors (Lipinski definition) is 4. The van der Waals surface area contributed by atoms with E-state index in [4.69, 9.17) is 11.5 Å². The van der Waals surface area contributed by atoms with E-state index in [1.54, 1.807) is 0 Å². The van der Waals surface area contributed by atoms with Crippen molar-refractivity contribution in [3.8, 4) is 0 Å². The quantitative estimate of drug-likeness (QED) is 0.234. The second-order valence-corrected chi connectivity index (χ2v) is 3.93. The van der Waals surface area contributed by atoms with Crippen LogP contribution >= 0.6 is 0 Å². The number of ether oxygens (including phenoxy) is 1. The van der Waals surface area contributed by atoms with Crippen molar-refractivity contribution in [2.24, 2.45) is 16.5 Å². The molecule has 1 unspecified atom stereocenters. The minimum absolute atomic E-state index is 0.0840. The molecule has 0 fully saturated rings. The second-order valence-electron chi connectivity index (χ2n) is 3.93. The molecule has 104 valence electrons. The number of esters is 1. The number of carbonyl (C=O) groups is 2. The van der Waals surface area contributed by atoms with Gasteiger partial charge in [-0.2, -0.15) is 0 Å². The number of nitrogens with zero attached hydrogens (tertiary/aromatic N) is 1. The molecule has 5 N–H and O–H groups in total. The minimum Gasteiger partial charge on any atom is -0.467 e. The van der Waals surface area contributed by atoms with Gasteiger partial charge in [-0.1, -0.05) is 12.8 Å². The SMILES string of the molecule is COC(=O)C(CCCCCN=C(N)N)NC(C)=O. The summed E-state index contributed by atoms with van der Waals surface area (Å²) in [7, 11) is 1.30. The molecule has 0 saturated carbocycles. The van der Waals surface area contributed by atoms with Crippen LogP contribution in [-0.4, -0.2) is 37.5 Å². The van der Waals surface area contributed by atoms with Crippen LogP contribution in [0.4, 0.5) is 0 Å². The van der Waals surface area contributed by atoms with Gasteiger partial charge in [0.2, 0.25) is 5.91 Å². The number of nitrogens with two attached hydrogens (primary N) is 2. The summed E-state index contributed by atoms with van der Waals surface area (Å²) >= 11 is 0. The molecule has 18 heavy (non-hydrogen) atoms. The molecular weight excluding hydrogens is 236 g/mol. The molecule has 0 spiro atoms. The van der Waals surface area contributed by atoms with E-state index >= 15 is 0 Å². The van der Waals surface area contributed by atoms with Crippen LogP contribution in [0.5, 0.6) is 0 Å². The number of carbonyl (C=O) groups excluding carboxylic acids is 2. The van der Waals surface area contributed by atoms with Crippen molar-refractivity contribution in [1.82, 2.24) is 5.32 Å². The van der Waals surface area contributed by atoms with Gasteiger partial charge in [0.15, 0.2) is 5.96 Å². The van der Waals surface area contributed by atoms with Crippen molar-refractivity contribution >= 4 is 17.8 Å². The van der Waals surface area contributed by atoms with Crippen LogP contribution in [0.1, 0.15) is 32.6 Å². The fourth-order valence-electron chi connectivity index (χ4n) is 1.48. The molecule has 1 amide bonds. The van der Waals surface area contributed by atoms with Crippen molar-refractivity contribution in [3.05, 3.63) is 0 Å². The van der Waals surface area contributed by atoms with E-state index in [2.05, 4.69) is 15.0 Å². The zero-order valence-electron chi connectivity index (χ0n) is 10.9. The van der Waals surface area contributed by atoms with E-state index in [0.717, 1.165) is 19.3 Å². The maximum atomic E-state index is 11.4. The molecule has 0 aromatic heterocycles. The first kappa shape index (κ1) is 16.2. The molecular formula is C11H22N4O3. The van der Waals surface area contributed by atoms with Gasteiger partial charge in [-0.05, 0) is 12.8 Å². The first-order valence-electron chi connectivity index (χ1n) is 5.87. The second kappa shape index (κ2) is 9.26. The number of methoxy groups -OCH3 is 1. The van der Waals surface area contributed by atoms with Gasteiger partial charge >= 0.3 is 5.97 Å². The Morgan fingerprint density at radius 1 is 1.28 bits per heavy atom. The zero-order chi connectivity index (χ0) is 14.0. The number of guanidine groups is 1. The third-order valence-electron chi connectivity index (χ3n) is 2.31. The van der Waals surface area contributed by atoms with Crippen molar-refractivity contribution < 1.29 is 14.3 Å². The summed E-state index contributed by atoms with van der Waals surface area (Å²) in [4.78, 5) is 26.1. The lowest BCUT2D eigenvalue weighted by atomic mass is 10.1. The summed E-state index contributed by atoms with van der Waals surface area (Å²) in [5.74, 6) is -0.582. The van der Waals surface area contributed by atoms with E-state index in [-0.39, 0.29) is 11.9 Å². The first-order valence-corrected chi connectivity index (χ1v) is 5.87. The van der Waals surface area contributed by atoms with Gasteiger partial charge in [-0.15, -0.1) is 0 Å². The summed E-state index contributed by atoms with van der Waals surface area (Å²) in [5, 5.41) is 2.56. The Hall–Kier alpha value is -1.79. The molecule has 0 aliphatic rings. The maximum Gasteiger partial charge on any atom is 0.328 e. The summed E-state index contributed by atoms with van der Waals surface area (Å²) in [6.07, 6.45) is 3.06. The van der Waals surface area contributed by atoms with Gasteiger partial charge in [0, 0.05) is 13.5 Å². The first-order chi connectivity index (χ1) is 8.47. The van der Waals surface area contributed by atoms with Crippen LogP contribution in [0.3, 0.4) is 0 Å². The lowest BCUT2D eigenvalue weighted by Gasteiger charge is -2.14. The Labute approximate surface area is 107 Å². The summed E-state index contributed by atoms with van der Waals surface area (Å²) in [6.45, 7) is 1.94. The van der Waals surface area contributed by atoms with E-state index in [1.807, 2.05) is 0 Å². The molecule has 0 rings (SSSR count). The largest absolute Gasteiger partial charge is 0.467 e. The molecule has 0 saturated heterocycles. The van der Waals surface area contributed by atoms with Gasteiger partial charge in [0.1, 0.15) is 6.04 Å². The van der Waals surface area contributed by atoms with Gasteiger partial charge < -0.3 is 21.5 Å². The standard InChI is InChI=1S/C11H22N4O3/c1-8(16)15-9(10(17)18-2)6-4-3-5-7-14-11(12)13/h9H,3-7H2,1-2H3,(H,15,16)(H4,12,13,14). The van der Waals surface area contributed by atoms with Gasteiger partial charge in [0.25, 0.3) is 0 Å². The molecule has 0 aliphatic carbocycles. The normalized spacial score (nSPS) is 11.4. The summed E-state index contributed by atoms with van der Waals surface area (Å²) < 4.78 is 4.61. The van der Waals surface area contributed by atoms with Crippen LogP contribution in [0.15, 0.2) is 4.99 Å². The highest BCUT2D eigenvalue weighted by Crippen LogP contribution is 2.05. The number of amides is 1. The molecule has 7 nitrogen and oxygen atoms in total. The number of rotatable bonds is 8. The third-order valence-corrected chi connectivity index (χ3v) is 2.31. The van der Waals surface area contributed by atoms with Crippen molar-refractivity contribution in [3.63, 3.8) is 0 Å². The number of unbranched alkanes of at least 4 members (excludes halogenated alkanes) is 2. The highest BCUT2D eigenvalue weighted by molar-refractivity contribution is 5.83. The number of nitrogens with one attached hydrogen (secondary N) is 1. The minimum atomic E-state index is -0.574. The van der Waals surface area contributed by atoms with Gasteiger partial charge in [-0.25, -0.2) is 4.79 Å². The Balaban J connectivity index is 3.86. The smallest absolute Gasteiger partial charge is 0.328 e. The predicted molar refractivity (Wildman–Crippen MR) is 68.8 cm³/mol. The summed E-state index contributed by atoms with van der Waals surface area (Å²) in [6, 6.07) is -0.574. The van der Waals surface area contributed by atoms with Gasteiger partial charge in [-0.3, -0.25) is 9.79 Å². The molecule has 7 heteroatoms. The van der Waals surface area contributed by atoms with Crippen LogP contribution in [0.2, 0.25) is 0 Å². The monoisotopic (exact) mass is 258 g/mol. The molecule has 1 atom stereocenters. The molecule has 0 heterocycles. The van der Waals surface area contributed by atoms with E-state index < -0.39 is 12.0 Å². The Morgan fingerprint density at radius 2 is 1.94 bits per heavy atom. The molecule has 0 aromatic carbocycles. The van der Waals surface area contributed by atoms with Crippen LogP contribution in [0, 0.1) is 0 Å². The lowest BCUT2D eigenvalue weighted by molar-refractivity contribution is -0.145. The van der Waals surface area contributed by atoms with E-state index in [1.165, 1.54) is 14.0 Å². The van der Waals surface area contributed by atoms with Crippen LogP contribution < -0.4 is 16.8 Å². The fourth-order valence-corrected chi connectivity index (χ4v) is 1.48. The average Bonchev–Trinajstić information content (AvgIpc) is 2.30. The Bertz CT molecular complexity index is 301. The Morgan fingerprint density at radius 3 is 2.44 bits per heavy atom. The molecule has 0 radical (unpaired) electrons. The average molecular weight is 258 g/mol. The summed E-state index contributed by atoms with van der Waals surface area (Å²) in [5.41, 5.74) is 10.4. The Kier molecular flexibility index (Phi) is 8.34. The van der Waals surface area contributed by atoms with Crippen LogP contribution in [-0.2, 0) is 14.3 Å². The third kappa shape index (κ3) is 8.37. The molecule has 0 aliphatic heterocycles. The topological polar surface area (TPSA) is 120 Å². The number of aliphatic imine (C=N–C) groups is 1. The highest BCUT2D eigenvalue weighted by Gasteiger charge is 2.18. The molecule has 0 bridgehead atoms. The van der Waals surface area contributed by atoms with Gasteiger partial charge in [0.05, 0.1) is 7.11 Å². The van der Waals surface area contributed by atoms with Crippen molar-refractivity contribution in [2.45, 2.75) is 38.6 Å². The van der Waals surface area contributed by atoms with Crippen LogP contribution in [0.25, 0.3) is 0 Å². The van der Waals surface area contributed by atoms with E-state index in [0.29, 0.717) is 13.0 Å². The van der Waals surface area contributed by atoms with Crippen molar-refractivity contribution in [2.75, 3.05) is 13.7 Å². The lowest BCUT2D eigenvalue weighted by Crippen LogP contribution is -2.40. The zero-order valence-corrected chi connectivity index (χ0v) is 10.9.